The van der Waals surface area contributed by atoms with Gasteiger partial charge >= 0.3 is 0 Å². The van der Waals surface area contributed by atoms with Crippen LogP contribution in [-0.2, 0) is 9.59 Å². The maximum Gasteiger partial charge on any atom is 0.286 e. The van der Waals surface area contributed by atoms with Gasteiger partial charge in [0.25, 0.3) is 5.91 Å². The molecule has 0 spiro atoms. The van der Waals surface area contributed by atoms with Gasteiger partial charge in [0.2, 0.25) is 11.8 Å². The summed E-state index contributed by atoms with van der Waals surface area (Å²) in [5, 5.41) is 8.30. The van der Waals surface area contributed by atoms with Gasteiger partial charge in [-0.2, -0.15) is 0 Å². The van der Waals surface area contributed by atoms with Crippen LogP contribution in [0.5, 0.6) is 0 Å². The second-order valence-electron chi connectivity index (χ2n) is 6.61. The van der Waals surface area contributed by atoms with Crippen molar-refractivity contribution in [1.82, 2.24) is 5.32 Å². The van der Waals surface area contributed by atoms with Crippen LogP contribution in [0.3, 0.4) is 0 Å². The normalized spacial score (nSPS) is 10.5. The Balaban J connectivity index is 1.68. The van der Waals surface area contributed by atoms with E-state index in [1.165, 1.54) is 6.26 Å². The summed E-state index contributed by atoms with van der Waals surface area (Å²) < 4.78 is 4.99. The van der Waals surface area contributed by atoms with Crippen LogP contribution in [0.25, 0.3) is 0 Å². The highest BCUT2D eigenvalue weighted by molar-refractivity contribution is 5.93. The lowest BCUT2D eigenvalue weighted by molar-refractivity contribution is -0.117. The summed E-state index contributed by atoms with van der Waals surface area (Å²) in [7, 11) is 0. The standard InChI is InChI=1S/C20H25N3O4/c1-14(2)13-19(25)23-16-9-7-15(8-10-16)22-18(24)6-3-11-21-20(26)17-5-4-12-27-17/h4-5,7-10,12,14H,3,6,11,13H2,1-2H3,(H,21,26)(H,22,24)(H,23,25). The molecule has 0 aliphatic rings. The lowest BCUT2D eigenvalue weighted by atomic mass is 10.1. The zero-order valence-corrected chi connectivity index (χ0v) is 15.6. The van der Waals surface area contributed by atoms with Gasteiger partial charge < -0.3 is 20.4 Å². The average molecular weight is 371 g/mol. The molecule has 0 bridgehead atoms. The van der Waals surface area contributed by atoms with E-state index in [-0.39, 0.29) is 29.9 Å². The molecule has 2 rings (SSSR count). The molecule has 3 amide bonds. The number of amides is 3. The van der Waals surface area contributed by atoms with Crippen molar-refractivity contribution in [3.05, 3.63) is 48.4 Å². The molecule has 0 aliphatic heterocycles. The Bertz CT molecular complexity index is 752. The molecule has 3 N–H and O–H groups in total. The van der Waals surface area contributed by atoms with Gasteiger partial charge in [-0.1, -0.05) is 13.8 Å². The summed E-state index contributed by atoms with van der Waals surface area (Å²) in [6.07, 6.45) is 2.70. The molecule has 144 valence electrons. The molecule has 0 aliphatic carbocycles. The number of benzene rings is 1. The third-order valence-corrected chi connectivity index (χ3v) is 3.66. The highest BCUT2D eigenvalue weighted by Gasteiger charge is 2.08. The first-order chi connectivity index (χ1) is 12.9. The molecule has 2 aromatic rings. The number of rotatable bonds is 9. The van der Waals surface area contributed by atoms with E-state index in [9.17, 15) is 14.4 Å². The van der Waals surface area contributed by atoms with E-state index in [1.54, 1.807) is 36.4 Å². The summed E-state index contributed by atoms with van der Waals surface area (Å²) in [6, 6.07) is 10.2. The summed E-state index contributed by atoms with van der Waals surface area (Å²) in [5.74, 6) is 0.0835. The highest BCUT2D eigenvalue weighted by atomic mass is 16.3. The zero-order chi connectivity index (χ0) is 19.6. The topological polar surface area (TPSA) is 100 Å². The van der Waals surface area contributed by atoms with E-state index in [4.69, 9.17) is 4.42 Å². The predicted molar refractivity (Wildman–Crippen MR) is 103 cm³/mol. The van der Waals surface area contributed by atoms with Crippen LogP contribution in [0.2, 0.25) is 0 Å². The van der Waals surface area contributed by atoms with Gasteiger partial charge in [-0.05, 0) is 48.7 Å². The monoisotopic (exact) mass is 371 g/mol. The summed E-state index contributed by atoms with van der Waals surface area (Å²) >= 11 is 0. The zero-order valence-electron chi connectivity index (χ0n) is 15.6. The minimum atomic E-state index is -0.296. The van der Waals surface area contributed by atoms with Crippen LogP contribution in [0, 0.1) is 5.92 Å². The first kappa shape index (κ1) is 20.2. The fourth-order valence-electron chi connectivity index (χ4n) is 2.39. The fourth-order valence-corrected chi connectivity index (χ4v) is 2.39. The summed E-state index contributed by atoms with van der Waals surface area (Å²) in [4.78, 5) is 35.4. The molecule has 0 unspecified atom stereocenters. The van der Waals surface area contributed by atoms with Crippen molar-refractivity contribution < 1.29 is 18.8 Å². The molecule has 27 heavy (non-hydrogen) atoms. The molecular formula is C20H25N3O4. The second-order valence-corrected chi connectivity index (χ2v) is 6.61. The van der Waals surface area contributed by atoms with Gasteiger partial charge in [-0.15, -0.1) is 0 Å². The molecule has 1 aromatic heterocycles. The quantitative estimate of drug-likeness (QED) is 0.588. The maximum atomic E-state index is 12.0. The number of anilines is 2. The van der Waals surface area contributed by atoms with Crippen LogP contribution >= 0.6 is 0 Å². The molecule has 7 nitrogen and oxygen atoms in total. The number of nitrogens with one attached hydrogen (secondary N) is 3. The summed E-state index contributed by atoms with van der Waals surface area (Å²) in [6.45, 7) is 4.36. The van der Waals surface area contributed by atoms with Gasteiger partial charge in [0.05, 0.1) is 6.26 Å². The van der Waals surface area contributed by atoms with E-state index in [0.717, 1.165) is 0 Å². The van der Waals surface area contributed by atoms with Crippen LogP contribution < -0.4 is 16.0 Å². The maximum absolute atomic E-state index is 12.0. The summed E-state index contributed by atoms with van der Waals surface area (Å²) in [5.41, 5.74) is 1.35. The van der Waals surface area contributed by atoms with Crippen molar-refractivity contribution in [3.8, 4) is 0 Å². The molecule has 7 heteroatoms. The Morgan fingerprint density at radius 2 is 1.59 bits per heavy atom. The lowest BCUT2D eigenvalue weighted by Gasteiger charge is -2.09. The molecule has 0 saturated carbocycles. The van der Waals surface area contributed by atoms with Crippen molar-refractivity contribution >= 4 is 29.1 Å². The van der Waals surface area contributed by atoms with Crippen LogP contribution in [0.15, 0.2) is 47.1 Å². The van der Waals surface area contributed by atoms with Gasteiger partial charge in [0.15, 0.2) is 5.76 Å². The Morgan fingerprint density at radius 3 is 2.15 bits per heavy atom. The van der Waals surface area contributed by atoms with E-state index in [1.807, 2.05) is 13.8 Å². The van der Waals surface area contributed by atoms with Crippen LogP contribution in [0.1, 0.15) is 43.7 Å². The highest BCUT2D eigenvalue weighted by Crippen LogP contribution is 2.15. The van der Waals surface area contributed by atoms with Crippen molar-refractivity contribution in [2.45, 2.75) is 33.1 Å². The Morgan fingerprint density at radius 1 is 0.963 bits per heavy atom. The smallest absolute Gasteiger partial charge is 0.286 e. The fraction of sp³-hybridized carbons (Fsp3) is 0.350. The third-order valence-electron chi connectivity index (χ3n) is 3.66. The lowest BCUT2D eigenvalue weighted by Crippen LogP contribution is -2.25. The second kappa shape index (κ2) is 10.2. The first-order valence-corrected chi connectivity index (χ1v) is 8.95. The molecule has 0 radical (unpaired) electrons. The van der Waals surface area contributed by atoms with E-state index in [2.05, 4.69) is 16.0 Å². The Labute approximate surface area is 158 Å². The largest absolute Gasteiger partial charge is 0.459 e. The number of hydrogen-bond donors (Lipinski definition) is 3. The van der Waals surface area contributed by atoms with Crippen LogP contribution in [-0.4, -0.2) is 24.3 Å². The van der Waals surface area contributed by atoms with E-state index >= 15 is 0 Å². The van der Waals surface area contributed by atoms with Crippen molar-refractivity contribution in [3.63, 3.8) is 0 Å². The molecule has 1 aromatic carbocycles. The Kier molecular flexibility index (Phi) is 7.61. The average Bonchev–Trinajstić information content (AvgIpc) is 3.14. The number of carbonyl (C=O) groups is 3. The molecule has 0 atom stereocenters. The van der Waals surface area contributed by atoms with Crippen molar-refractivity contribution in [2.75, 3.05) is 17.2 Å². The molecule has 0 fully saturated rings. The molecule has 1 heterocycles. The minimum absolute atomic E-state index is 0.0293. The SMILES string of the molecule is CC(C)CC(=O)Nc1ccc(NC(=O)CCCNC(=O)c2ccco2)cc1. The van der Waals surface area contributed by atoms with Crippen molar-refractivity contribution in [2.24, 2.45) is 5.92 Å². The van der Waals surface area contributed by atoms with E-state index in [0.29, 0.717) is 36.7 Å². The molecule has 0 saturated heterocycles. The van der Waals surface area contributed by atoms with E-state index < -0.39 is 0 Å². The van der Waals surface area contributed by atoms with Gasteiger partial charge in [-0.25, -0.2) is 0 Å². The molecular weight excluding hydrogens is 346 g/mol. The van der Waals surface area contributed by atoms with Gasteiger partial charge in [0.1, 0.15) is 0 Å². The number of hydrogen-bond acceptors (Lipinski definition) is 4. The van der Waals surface area contributed by atoms with Crippen molar-refractivity contribution in [1.29, 1.82) is 0 Å². The third kappa shape index (κ3) is 7.35. The number of carbonyl (C=O) groups excluding carboxylic acids is 3. The van der Waals surface area contributed by atoms with Gasteiger partial charge in [-0.3, -0.25) is 14.4 Å². The first-order valence-electron chi connectivity index (χ1n) is 8.95. The number of furan rings is 1. The minimum Gasteiger partial charge on any atom is -0.459 e. The van der Waals surface area contributed by atoms with Crippen LogP contribution in [0.4, 0.5) is 11.4 Å². The van der Waals surface area contributed by atoms with Gasteiger partial charge in [0, 0.05) is 30.8 Å². The Hall–Kier alpha value is -3.09. The predicted octanol–water partition coefficient (Wildman–Crippen LogP) is 3.41.